The monoisotopic (exact) mass is 200 g/mol. The van der Waals surface area contributed by atoms with Gasteiger partial charge in [-0.1, -0.05) is 0 Å². The third kappa shape index (κ3) is 0.877. The van der Waals surface area contributed by atoms with Crippen LogP contribution in [0.1, 0.15) is 0 Å². The predicted molar refractivity (Wildman–Crippen MR) is 44.6 cm³/mol. The van der Waals surface area contributed by atoms with Gasteiger partial charge >= 0.3 is 67.4 Å². The minimum absolute atomic E-state index is 0.310. The van der Waals surface area contributed by atoms with E-state index in [0.717, 1.165) is 0 Å². The second-order valence-corrected chi connectivity index (χ2v) is 3.32. The molecule has 52 valence electrons. The molecule has 1 aromatic carbocycles. The zero-order chi connectivity index (χ0) is 6.97. The Balaban J connectivity index is 2.42. The van der Waals surface area contributed by atoms with Gasteiger partial charge in [0.25, 0.3) is 0 Å². The Morgan fingerprint density at radius 3 is 2.10 bits per heavy atom. The molecule has 1 aromatic rings. The molecule has 0 saturated carbocycles. The Kier molecular flexibility index (Phi) is 1.33. The summed E-state index contributed by atoms with van der Waals surface area (Å²) in [6, 6.07) is 8.18. The van der Waals surface area contributed by atoms with Crippen molar-refractivity contribution in [2.24, 2.45) is 0 Å². The average molecular weight is 199 g/mol. The maximum absolute atomic E-state index is 3.26. The van der Waals surface area contributed by atoms with Crippen molar-refractivity contribution in [3.63, 3.8) is 0 Å². The van der Waals surface area contributed by atoms with Crippen molar-refractivity contribution in [3.05, 3.63) is 24.3 Å². The van der Waals surface area contributed by atoms with E-state index in [9.17, 15) is 0 Å². The Hall–Kier alpha value is -0.661. The van der Waals surface area contributed by atoms with Gasteiger partial charge in [0.2, 0.25) is 0 Å². The Morgan fingerprint density at radius 2 is 1.60 bits per heavy atom. The molecular formula is C7H8N2Se. The number of nitrogens with one attached hydrogen (secondary N) is 2. The van der Waals surface area contributed by atoms with Crippen LogP contribution in [0.25, 0.3) is 0 Å². The molecule has 2 nitrogen and oxygen atoms in total. The van der Waals surface area contributed by atoms with E-state index in [1.807, 2.05) is 12.1 Å². The van der Waals surface area contributed by atoms with Crippen molar-refractivity contribution in [1.29, 1.82) is 0 Å². The molecular weight excluding hydrogens is 191 g/mol. The number of hydrogen-bond donors (Lipinski definition) is 2. The first-order valence-corrected chi connectivity index (χ1v) is 4.25. The topological polar surface area (TPSA) is 24.1 Å². The van der Waals surface area contributed by atoms with Crippen LogP contribution < -0.4 is 10.6 Å². The third-order valence-electron chi connectivity index (χ3n) is 1.51. The van der Waals surface area contributed by atoms with Crippen LogP contribution in [0.5, 0.6) is 0 Å². The summed E-state index contributed by atoms with van der Waals surface area (Å²) in [5.74, 6) is 0. The minimum atomic E-state index is 0.310. The van der Waals surface area contributed by atoms with Crippen LogP contribution >= 0.6 is 0 Å². The Bertz CT molecular complexity index is 224. The standard InChI is InChI=1S/C7H8N2Se/c10-7-8-5-3-1-2-4-6(5)9-7/h1-4,7-10H. The molecule has 1 heterocycles. The number of para-hydroxylation sites is 2. The van der Waals surface area contributed by atoms with E-state index >= 15 is 0 Å². The Labute approximate surface area is 67.8 Å². The zero-order valence-electron chi connectivity index (χ0n) is 5.33. The van der Waals surface area contributed by atoms with Crippen molar-refractivity contribution in [3.8, 4) is 0 Å². The number of rotatable bonds is 0. The molecule has 0 fully saturated rings. The summed E-state index contributed by atoms with van der Waals surface area (Å²) in [5, 5.41) is 6.83. The number of benzene rings is 1. The second-order valence-electron chi connectivity index (χ2n) is 2.24. The van der Waals surface area contributed by atoms with Crippen molar-refractivity contribution in [2.45, 2.75) is 5.06 Å². The summed E-state index contributed by atoms with van der Waals surface area (Å²) in [7, 11) is 0. The molecule has 0 aromatic heterocycles. The van der Waals surface area contributed by atoms with Gasteiger partial charge in [-0.15, -0.1) is 0 Å². The molecule has 1 aliphatic rings. The van der Waals surface area contributed by atoms with Crippen molar-refractivity contribution in [2.75, 3.05) is 10.6 Å². The molecule has 0 saturated heterocycles. The van der Waals surface area contributed by atoms with E-state index in [2.05, 4.69) is 38.8 Å². The second kappa shape index (κ2) is 2.18. The first-order valence-electron chi connectivity index (χ1n) is 3.16. The molecule has 3 heteroatoms. The summed E-state index contributed by atoms with van der Waals surface area (Å²) in [4.78, 5) is 0. The van der Waals surface area contributed by atoms with Gasteiger partial charge in [0.05, 0.1) is 0 Å². The van der Waals surface area contributed by atoms with Crippen LogP contribution in [0.15, 0.2) is 24.3 Å². The summed E-state index contributed by atoms with van der Waals surface area (Å²) >= 11 is 2.53. The number of anilines is 2. The molecule has 0 bridgehead atoms. The van der Waals surface area contributed by atoms with Crippen molar-refractivity contribution < 1.29 is 0 Å². The van der Waals surface area contributed by atoms with Crippen LogP contribution in [0.2, 0.25) is 0 Å². The summed E-state index contributed by atoms with van der Waals surface area (Å²) < 4.78 is 0. The summed E-state index contributed by atoms with van der Waals surface area (Å²) in [6.07, 6.45) is 0. The van der Waals surface area contributed by atoms with E-state index in [1.165, 1.54) is 11.4 Å². The zero-order valence-corrected chi connectivity index (χ0v) is 7.21. The molecule has 0 atom stereocenters. The van der Waals surface area contributed by atoms with E-state index in [-0.39, 0.29) is 0 Å². The average Bonchev–Trinajstić information content (AvgIpc) is 2.27. The van der Waals surface area contributed by atoms with Gasteiger partial charge in [0, 0.05) is 0 Å². The first kappa shape index (κ1) is 6.08. The molecule has 2 N–H and O–H groups in total. The van der Waals surface area contributed by atoms with Crippen LogP contribution in [0, 0.1) is 0 Å². The van der Waals surface area contributed by atoms with Gasteiger partial charge in [-0.05, 0) is 0 Å². The van der Waals surface area contributed by atoms with E-state index in [4.69, 9.17) is 0 Å². The molecule has 10 heavy (non-hydrogen) atoms. The third-order valence-corrected chi connectivity index (χ3v) is 2.05. The molecule has 2 rings (SSSR count). The predicted octanol–water partition coefficient (Wildman–Crippen LogP) is 0.708. The van der Waals surface area contributed by atoms with Crippen LogP contribution in [-0.4, -0.2) is 21.1 Å². The van der Waals surface area contributed by atoms with Gasteiger partial charge in [0.15, 0.2) is 0 Å². The van der Waals surface area contributed by atoms with Crippen LogP contribution in [0.3, 0.4) is 0 Å². The van der Waals surface area contributed by atoms with Gasteiger partial charge in [-0.3, -0.25) is 0 Å². The van der Waals surface area contributed by atoms with Gasteiger partial charge in [-0.25, -0.2) is 0 Å². The fourth-order valence-corrected chi connectivity index (χ4v) is 1.65. The van der Waals surface area contributed by atoms with Gasteiger partial charge in [0.1, 0.15) is 0 Å². The van der Waals surface area contributed by atoms with Crippen molar-refractivity contribution in [1.82, 2.24) is 0 Å². The van der Waals surface area contributed by atoms with Gasteiger partial charge < -0.3 is 0 Å². The normalized spacial score (nSPS) is 15.7. The van der Waals surface area contributed by atoms with E-state index < -0.39 is 0 Å². The molecule has 0 radical (unpaired) electrons. The van der Waals surface area contributed by atoms with Gasteiger partial charge in [-0.2, -0.15) is 0 Å². The molecule has 0 spiro atoms. The molecule has 1 aliphatic heterocycles. The van der Waals surface area contributed by atoms with Crippen molar-refractivity contribution >= 4 is 27.4 Å². The summed E-state index contributed by atoms with van der Waals surface area (Å²) in [6.45, 7) is 0. The molecule has 0 aliphatic carbocycles. The quantitative estimate of drug-likeness (QED) is 0.601. The summed E-state index contributed by atoms with van der Waals surface area (Å²) in [5.41, 5.74) is 2.38. The SMILES string of the molecule is [SeH]C1Nc2ccccc2N1. The van der Waals surface area contributed by atoms with E-state index in [1.54, 1.807) is 0 Å². The van der Waals surface area contributed by atoms with Crippen LogP contribution in [-0.2, 0) is 0 Å². The fourth-order valence-electron chi connectivity index (χ4n) is 1.07. The number of fused-ring (bicyclic) bond motifs is 1. The first-order chi connectivity index (χ1) is 4.86. The maximum atomic E-state index is 3.26. The van der Waals surface area contributed by atoms with E-state index in [0.29, 0.717) is 5.06 Å². The Morgan fingerprint density at radius 1 is 1.10 bits per heavy atom. The van der Waals surface area contributed by atoms with Crippen LogP contribution in [0.4, 0.5) is 11.4 Å². The molecule has 0 amide bonds. The fraction of sp³-hybridized carbons (Fsp3) is 0.143. The molecule has 0 unspecified atom stereocenters. The number of hydrogen-bond acceptors (Lipinski definition) is 2.